The van der Waals surface area contributed by atoms with Crippen molar-refractivity contribution < 1.29 is 28.5 Å². The normalized spacial score (nSPS) is 15.3. The first-order chi connectivity index (χ1) is 18.4. The fourth-order valence-corrected chi connectivity index (χ4v) is 4.88. The van der Waals surface area contributed by atoms with E-state index in [4.69, 9.17) is 25.8 Å². The van der Waals surface area contributed by atoms with Crippen LogP contribution in [0.15, 0.2) is 88.0 Å². The molecule has 196 valence electrons. The van der Waals surface area contributed by atoms with E-state index in [-0.39, 0.29) is 30.4 Å². The lowest BCUT2D eigenvalue weighted by Crippen LogP contribution is -2.12. The van der Waals surface area contributed by atoms with Crippen molar-refractivity contribution in [3.05, 3.63) is 105 Å². The number of hydrogen-bond acceptors (Lipinski definition) is 7. The first-order valence-electron chi connectivity index (χ1n) is 11.9. The summed E-state index contributed by atoms with van der Waals surface area (Å²) in [5, 5.41) is 11.6. The van der Waals surface area contributed by atoms with Gasteiger partial charge in [0.2, 0.25) is 0 Å². The molecule has 1 aliphatic heterocycles. The Morgan fingerprint density at radius 2 is 1.79 bits per heavy atom. The van der Waals surface area contributed by atoms with Crippen molar-refractivity contribution in [2.24, 2.45) is 4.99 Å². The van der Waals surface area contributed by atoms with Crippen LogP contribution in [0.4, 0.5) is 10.1 Å². The SMILES string of the molecule is CCOC(=O)C1=C(O)/C(=C/c2cc(Cl)c(OCc3ccc(F)cc3)c(OCC)c2)SC1=Nc1ccccc1. The number of halogens is 2. The number of esters is 1. The summed E-state index contributed by atoms with van der Waals surface area (Å²) < 4.78 is 30.1. The minimum Gasteiger partial charge on any atom is -0.506 e. The van der Waals surface area contributed by atoms with Gasteiger partial charge in [0.1, 0.15) is 28.8 Å². The molecule has 0 spiro atoms. The Bertz CT molecular complexity index is 1400. The largest absolute Gasteiger partial charge is 0.506 e. The van der Waals surface area contributed by atoms with Crippen LogP contribution in [0.3, 0.4) is 0 Å². The van der Waals surface area contributed by atoms with Crippen molar-refractivity contribution in [3.63, 3.8) is 0 Å². The second-order valence-corrected chi connectivity index (χ2v) is 9.42. The van der Waals surface area contributed by atoms with Crippen LogP contribution in [0, 0.1) is 5.82 Å². The molecule has 0 unspecified atom stereocenters. The molecule has 3 aromatic rings. The summed E-state index contributed by atoms with van der Waals surface area (Å²) in [6.45, 7) is 4.22. The zero-order chi connectivity index (χ0) is 27.1. The van der Waals surface area contributed by atoms with E-state index in [9.17, 15) is 14.3 Å². The molecule has 0 radical (unpaired) electrons. The van der Waals surface area contributed by atoms with Gasteiger partial charge in [-0.05, 0) is 67.4 Å². The molecule has 4 rings (SSSR count). The van der Waals surface area contributed by atoms with E-state index in [1.165, 1.54) is 12.1 Å². The number of carbonyl (C=O) groups is 1. The number of carbonyl (C=O) groups excluding carboxylic acids is 1. The maximum absolute atomic E-state index is 13.2. The molecular weight excluding hydrogens is 529 g/mol. The van der Waals surface area contributed by atoms with Gasteiger partial charge >= 0.3 is 5.97 Å². The smallest absolute Gasteiger partial charge is 0.344 e. The second kappa shape index (κ2) is 12.7. The number of aliphatic hydroxyl groups excluding tert-OH is 1. The molecule has 1 heterocycles. The van der Waals surface area contributed by atoms with Crippen LogP contribution in [0.1, 0.15) is 25.0 Å². The molecule has 1 aliphatic rings. The van der Waals surface area contributed by atoms with E-state index in [0.29, 0.717) is 44.3 Å². The molecular formula is C29H25ClFNO5S. The number of benzene rings is 3. The van der Waals surface area contributed by atoms with Crippen molar-refractivity contribution in [1.29, 1.82) is 0 Å². The first-order valence-corrected chi connectivity index (χ1v) is 13.1. The molecule has 0 saturated heterocycles. The molecule has 0 bridgehead atoms. The average Bonchev–Trinajstić information content (AvgIpc) is 3.19. The Morgan fingerprint density at radius 1 is 1.05 bits per heavy atom. The lowest BCUT2D eigenvalue weighted by atomic mass is 10.1. The van der Waals surface area contributed by atoms with Crippen LogP contribution >= 0.6 is 23.4 Å². The maximum atomic E-state index is 13.2. The number of aliphatic imine (C=N–C) groups is 1. The molecule has 0 fully saturated rings. The summed E-state index contributed by atoms with van der Waals surface area (Å²) in [6, 6.07) is 18.5. The van der Waals surface area contributed by atoms with Crippen LogP contribution in [-0.4, -0.2) is 29.3 Å². The molecule has 0 saturated carbocycles. The molecule has 0 aromatic heterocycles. The molecule has 9 heteroatoms. The number of thioether (sulfide) groups is 1. The summed E-state index contributed by atoms with van der Waals surface area (Å²) in [5.74, 6) is -0.465. The highest BCUT2D eigenvalue weighted by molar-refractivity contribution is 8.18. The number of aliphatic hydroxyl groups is 1. The van der Waals surface area contributed by atoms with Crippen LogP contribution < -0.4 is 9.47 Å². The third kappa shape index (κ3) is 6.57. The van der Waals surface area contributed by atoms with Gasteiger partial charge in [0, 0.05) is 0 Å². The minimum atomic E-state index is -0.659. The minimum absolute atomic E-state index is 0.00216. The summed E-state index contributed by atoms with van der Waals surface area (Å²) in [6.07, 6.45) is 1.69. The van der Waals surface area contributed by atoms with Crippen molar-refractivity contribution in [2.75, 3.05) is 13.2 Å². The fraction of sp³-hybridized carbons (Fsp3) is 0.172. The zero-order valence-corrected chi connectivity index (χ0v) is 22.3. The predicted octanol–water partition coefficient (Wildman–Crippen LogP) is 7.65. The van der Waals surface area contributed by atoms with E-state index in [1.807, 2.05) is 25.1 Å². The van der Waals surface area contributed by atoms with Gasteiger partial charge in [-0.15, -0.1) is 0 Å². The van der Waals surface area contributed by atoms with E-state index < -0.39 is 5.97 Å². The Morgan fingerprint density at radius 3 is 2.47 bits per heavy atom. The van der Waals surface area contributed by atoms with E-state index in [0.717, 1.165) is 17.3 Å². The Labute approximate surface area is 229 Å². The van der Waals surface area contributed by atoms with Crippen molar-refractivity contribution in [1.82, 2.24) is 0 Å². The number of rotatable bonds is 9. The fourth-order valence-electron chi connectivity index (χ4n) is 3.57. The number of para-hydroxylation sites is 1. The van der Waals surface area contributed by atoms with Crippen LogP contribution in [0.5, 0.6) is 11.5 Å². The predicted molar refractivity (Wildman–Crippen MR) is 149 cm³/mol. The van der Waals surface area contributed by atoms with Crippen molar-refractivity contribution in [3.8, 4) is 11.5 Å². The standard InChI is InChI=1S/C29H25ClFNO5S/c1-3-35-23-15-19(14-22(30)27(23)37-17-18-10-12-20(31)13-11-18)16-24-26(33)25(29(34)36-4-2)28(38-24)32-21-8-6-5-7-9-21/h5-16,33H,3-4,17H2,1-2H3/b24-16-,32-28?. The van der Waals surface area contributed by atoms with Gasteiger partial charge < -0.3 is 19.3 Å². The van der Waals surface area contributed by atoms with Gasteiger partial charge in [-0.3, -0.25) is 0 Å². The summed E-state index contributed by atoms with van der Waals surface area (Å²) in [5.41, 5.74) is 2.02. The highest BCUT2D eigenvalue weighted by Crippen LogP contribution is 2.42. The summed E-state index contributed by atoms with van der Waals surface area (Å²) in [7, 11) is 0. The Kier molecular flexibility index (Phi) is 9.10. The van der Waals surface area contributed by atoms with Crippen molar-refractivity contribution in [2.45, 2.75) is 20.5 Å². The lowest BCUT2D eigenvalue weighted by molar-refractivity contribution is -0.138. The van der Waals surface area contributed by atoms with Gasteiger partial charge in [0.15, 0.2) is 11.5 Å². The van der Waals surface area contributed by atoms with E-state index >= 15 is 0 Å². The quantitative estimate of drug-likeness (QED) is 0.274. The average molecular weight is 554 g/mol. The number of hydrogen-bond donors (Lipinski definition) is 1. The van der Waals surface area contributed by atoms with Gasteiger partial charge in [-0.2, -0.15) is 0 Å². The highest BCUT2D eigenvalue weighted by atomic mass is 35.5. The Balaban J connectivity index is 1.67. The van der Waals surface area contributed by atoms with Crippen LogP contribution in [0.25, 0.3) is 6.08 Å². The molecule has 1 N–H and O–H groups in total. The molecule has 0 atom stereocenters. The highest BCUT2D eigenvalue weighted by Gasteiger charge is 2.33. The molecule has 3 aromatic carbocycles. The monoisotopic (exact) mass is 553 g/mol. The molecule has 0 amide bonds. The molecule has 6 nitrogen and oxygen atoms in total. The number of nitrogens with zero attached hydrogens (tertiary/aromatic N) is 1. The van der Waals surface area contributed by atoms with Crippen LogP contribution in [0.2, 0.25) is 5.02 Å². The Hall–Kier alpha value is -3.75. The first kappa shape index (κ1) is 27.3. The molecule has 0 aliphatic carbocycles. The molecule has 38 heavy (non-hydrogen) atoms. The van der Waals surface area contributed by atoms with Crippen LogP contribution in [-0.2, 0) is 16.1 Å². The topological polar surface area (TPSA) is 77.4 Å². The zero-order valence-electron chi connectivity index (χ0n) is 20.7. The van der Waals surface area contributed by atoms with Gasteiger partial charge in [-0.25, -0.2) is 14.2 Å². The third-order valence-electron chi connectivity index (χ3n) is 5.28. The third-order valence-corrected chi connectivity index (χ3v) is 6.58. The van der Waals surface area contributed by atoms with E-state index in [1.54, 1.807) is 49.4 Å². The van der Waals surface area contributed by atoms with Gasteiger partial charge in [-0.1, -0.05) is 53.7 Å². The number of ether oxygens (including phenoxy) is 3. The second-order valence-electron chi connectivity index (χ2n) is 7.99. The summed E-state index contributed by atoms with van der Waals surface area (Å²) in [4.78, 5) is 17.6. The van der Waals surface area contributed by atoms with Gasteiger partial charge in [0.25, 0.3) is 0 Å². The van der Waals surface area contributed by atoms with Crippen molar-refractivity contribution >= 4 is 46.1 Å². The maximum Gasteiger partial charge on any atom is 0.344 e. The van der Waals surface area contributed by atoms with Gasteiger partial charge in [0.05, 0.1) is 28.8 Å². The lowest BCUT2D eigenvalue weighted by Gasteiger charge is -2.15. The van der Waals surface area contributed by atoms with E-state index in [2.05, 4.69) is 4.99 Å². The summed E-state index contributed by atoms with van der Waals surface area (Å²) >= 11 is 7.72.